The van der Waals surface area contributed by atoms with E-state index >= 15 is 0 Å². The Bertz CT molecular complexity index is 481. The Morgan fingerprint density at radius 3 is 2.89 bits per heavy atom. The molecule has 3 rings (SSSR count). The minimum absolute atomic E-state index is 0.799. The minimum Gasteiger partial charge on any atom is -0.361 e. The van der Waals surface area contributed by atoms with Gasteiger partial charge in [-0.1, -0.05) is 23.5 Å². The van der Waals surface area contributed by atoms with Crippen molar-refractivity contribution >= 4 is 26.7 Å². The zero-order valence-electron chi connectivity index (χ0n) is 10.7. The van der Waals surface area contributed by atoms with Crippen LogP contribution in [0.4, 0.5) is 5.13 Å². The molecule has 4 heteroatoms. The highest BCUT2D eigenvalue weighted by molar-refractivity contribution is 7.22. The largest absolute Gasteiger partial charge is 0.361 e. The molecule has 1 aliphatic rings. The number of anilines is 1. The monoisotopic (exact) mass is 261 g/mol. The summed E-state index contributed by atoms with van der Waals surface area (Å²) in [6, 6.07) is 8.32. The molecule has 0 unspecified atom stereocenters. The van der Waals surface area contributed by atoms with Gasteiger partial charge in [0.05, 0.1) is 10.2 Å². The number of likely N-dealkylation sites (tertiary alicyclic amines) is 1. The highest BCUT2D eigenvalue weighted by Crippen LogP contribution is 2.26. The molecular weight excluding hydrogens is 242 g/mol. The molecule has 1 aromatic heterocycles. The molecule has 1 saturated heterocycles. The molecule has 18 heavy (non-hydrogen) atoms. The van der Waals surface area contributed by atoms with E-state index in [1.54, 1.807) is 11.3 Å². The molecule has 96 valence electrons. The van der Waals surface area contributed by atoms with Gasteiger partial charge in [-0.3, -0.25) is 0 Å². The molecule has 1 N–H and O–H groups in total. The van der Waals surface area contributed by atoms with Crippen LogP contribution in [-0.4, -0.2) is 36.6 Å². The number of fused-ring (bicyclic) bond motifs is 1. The lowest BCUT2D eigenvalue weighted by molar-refractivity contribution is 0.226. The number of aromatic nitrogens is 1. The number of rotatable bonds is 3. The van der Waals surface area contributed by atoms with Gasteiger partial charge < -0.3 is 10.2 Å². The zero-order chi connectivity index (χ0) is 12.4. The molecule has 0 radical (unpaired) electrons. The number of para-hydroxylation sites is 1. The van der Waals surface area contributed by atoms with Crippen molar-refractivity contribution in [2.75, 3.05) is 32.0 Å². The molecule has 1 fully saturated rings. The van der Waals surface area contributed by atoms with E-state index in [1.807, 2.05) is 6.07 Å². The number of thiazole rings is 1. The third kappa shape index (κ3) is 2.65. The van der Waals surface area contributed by atoms with Gasteiger partial charge in [0.1, 0.15) is 0 Å². The minimum atomic E-state index is 0.799. The van der Waals surface area contributed by atoms with Crippen molar-refractivity contribution in [2.24, 2.45) is 5.92 Å². The second-order valence-electron chi connectivity index (χ2n) is 5.11. The van der Waals surface area contributed by atoms with E-state index in [2.05, 4.69) is 40.4 Å². The second kappa shape index (κ2) is 5.24. The molecule has 0 bridgehead atoms. The summed E-state index contributed by atoms with van der Waals surface area (Å²) in [5.41, 5.74) is 1.10. The topological polar surface area (TPSA) is 28.2 Å². The van der Waals surface area contributed by atoms with Crippen molar-refractivity contribution in [3.63, 3.8) is 0 Å². The fourth-order valence-electron chi connectivity index (χ4n) is 2.45. The first kappa shape index (κ1) is 11.9. The van der Waals surface area contributed by atoms with Crippen molar-refractivity contribution in [1.29, 1.82) is 0 Å². The van der Waals surface area contributed by atoms with Gasteiger partial charge in [0.15, 0.2) is 5.13 Å². The van der Waals surface area contributed by atoms with Gasteiger partial charge >= 0.3 is 0 Å². The van der Waals surface area contributed by atoms with Crippen LogP contribution in [0.3, 0.4) is 0 Å². The van der Waals surface area contributed by atoms with Crippen LogP contribution in [0.5, 0.6) is 0 Å². The molecule has 1 aromatic carbocycles. The third-order valence-corrected chi connectivity index (χ3v) is 4.67. The van der Waals surface area contributed by atoms with Gasteiger partial charge in [-0.05, 0) is 51.0 Å². The molecular formula is C14H19N3S. The number of nitrogens with zero attached hydrogens (tertiary/aromatic N) is 2. The molecule has 0 saturated carbocycles. The van der Waals surface area contributed by atoms with Gasteiger partial charge in [0.2, 0.25) is 0 Å². The summed E-state index contributed by atoms with van der Waals surface area (Å²) in [6.07, 6.45) is 2.60. The quantitative estimate of drug-likeness (QED) is 0.920. The average molecular weight is 261 g/mol. The maximum atomic E-state index is 4.61. The summed E-state index contributed by atoms with van der Waals surface area (Å²) < 4.78 is 1.27. The van der Waals surface area contributed by atoms with Gasteiger partial charge in [-0.2, -0.15) is 0 Å². The van der Waals surface area contributed by atoms with Gasteiger partial charge in [0, 0.05) is 6.54 Å². The fourth-order valence-corrected chi connectivity index (χ4v) is 3.32. The average Bonchev–Trinajstić information content (AvgIpc) is 2.81. The van der Waals surface area contributed by atoms with E-state index in [0.29, 0.717) is 0 Å². The number of hydrogen-bond donors (Lipinski definition) is 1. The number of hydrogen-bond acceptors (Lipinski definition) is 4. The highest BCUT2D eigenvalue weighted by Gasteiger charge is 2.16. The lowest BCUT2D eigenvalue weighted by atomic mass is 9.97. The van der Waals surface area contributed by atoms with Crippen LogP contribution in [-0.2, 0) is 0 Å². The van der Waals surface area contributed by atoms with Crippen LogP contribution in [0.15, 0.2) is 24.3 Å². The number of piperidine rings is 1. The molecule has 0 atom stereocenters. The summed E-state index contributed by atoms with van der Waals surface area (Å²) in [6.45, 7) is 3.52. The standard InChI is InChI=1S/C14H19N3S/c1-17-8-6-11(7-9-17)10-15-14-16-12-4-2-3-5-13(12)18-14/h2-5,11H,6-10H2,1H3,(H,15,16). The molecule has 2 heterocycles. The van der Waals surface area contributed by atoms with Crippen LogP contribution in [0.1, 0.15) is 12.8 Å². The maximum Gasteiger partial charge on any atom is 0.183 e. The van der Waals surface area contributed by atoms with E-state index in [0.717, 1.165) is 23.1 Å². The molecule has 0 spiro atoms. The van der Waals surface area contributed by atoms with E-state index < -0.39 is 0 Å². The SMILES string of the molecule is CN1CCC(CNc2nc3ccccc3s2)CC1. The number of nitrogens with one attached hydrogen (secondary N) is 1. The van der Waals surface area contributed by atoms with Crippen LogP contribution in [0.2, 0.25) is 0 Å². The Kier molecular flexibility index (Phi) is 3.48. The van der Waals surface area contributed by atoms with Gasteiger partial charge in [0.25, 0.3) is 0 Å². The summed E-state index contributed by atoms with van der Waals surface area (Å²) >= 11 is 1.75. The first-order valence-electron chi connectivity index (χ1n) is 6.59. The summed E-state index contributed by atoms with van der Waals surface area (Å²) in [7, 11) is 2.21. The lowest BCUT2D eigenvalue weighted by Crippen LogP contribution is -2.32. The molecule has 1 aliphatic heterocycles. The Balaban J connectivity index is 1.59. The summed E-state index contributed by atoms with van der Waals surface area (Å²) in [5.74, 6) is 0.799. The van der Waals surface area contributed by atoms with Crippen LogP contribution in [0, 0.1) is 5.92 Å². The Morgan fingerprint density at radius 1 is 1.33 bits per heavy atom. The molecule has 0 aliphatic carbocycles. The number of benzene rings is 1. The Labute approximate surface area is 112 Å². The first-order chi connectivity index (χ1) is 8.81. The normalized spacial score (nSPS) is 18.3. The predicted octanol–water partition coefficient (Wildman–Crippen LogP) is 3.05. The second-order valence-corrected chi connectivity index (χ2v) is 6.14. The van der Waals surface area contributed by atoms with Crippen LogP contribution in [0.25, 0.3) is 10.2 Å². The molecule has 2 aromatic rings. The van der Waals surface area contributed by atoms with Crippen molar-refractivity contribution in [2.45, 2.75) is 12.8 Å². The predicted molar refractivity (Wildman–Crippen MR) is 78.3 cm³/mol. The zero-order valence-corrected chi connectivity index (χ0v) is 11.5. The highest BCUT2D eigenvalue weighted by atomic mass is 32.1. The first-order valence-corrected chi connectivity index (χ1v) is 7.41. The van der Waals surface area contributed by atoms with Crippen molar-refractivity contribution in [3.05, 3.63) is 24.3 Å². The smallest absolute Gasteiger partial charge is 0.183 e. The fraction of sp³-hybridized carbons (Fsp3) is 0.500. The van der Waals surface area contributed by atoms with Crippen LogP contribution >= 0.6 is 11.3 Å². The molecule has 0 amide bonds. The van der Waals surface area contributed by atoms with Crippen molar-refractivity contribution in [3.8, 4) is 0 Å². The van der Waals surface area contributed by atoms with Gasteiger partial charge in [-0.25, -0.2) is 4.98 Å². The van der Waals surface area contributed by atoms with Crippen molar-refractivity contribution in [1.82, 2.24) is 9.88 Å². The maximum absolute atomic E-state index is 4.61. The van der Waals surface area contributed by atoms with E-state index in [4.69, 9.17) is 0 Å². The summed E-state index contributed by atoms with van der Waals surface area (Å²) in [5, 5.41) is 4.57. The van der Waals surface area contributed by atoms with E-state index in [9.17, 15) is 0 Å². The Morgan fingerprint density at radius 2 is 2.11 bits per heavy atom. The summed E-state index contributed by atoms with van der Waals surface area (Å²) in [4.78, 5) is 7.02. The third-order valence-electron chi connectivity index (χ3n) is 3.67. The molecule has 3 nitrogen and oxygen atoms in total. The van der Waals surface area contributed by atoms with Crippen LogP contribution < -0.4 is 5.32 Å². The van der Waals surface area contributed by atoms with Gasteiger partial charge in [-0.15, -0.1) is 0 Å². The van der Waals surface area contributed by atoms with E-state index in [1.165, 1.54) is 30.6 Å². The lowest BCUT2D eigenvalue weighted by Gasteiger charge is -2.28. The van der Waals surface area contributed by atoms with Crippen molar-refractivity contribution < 1.29 is 0 Å². The Hall–Kier alpha value is -1.13. The van der Waals surface area contributed by atoms with E-state index in [-0.39, 0.29) is 0 Å².